The zero-order chi connectivity index (χ0) is 13.4. The zero-order valence-electron chi connectivity index (χ0n) is 11.3. The average molecular weight is 264 g/mol. The first-order chi connectivity index (χ1) is 9.15. The van der Waals surface area contributed by atoms with E-state index in [1.807, 2.05) is 0 Å². The number of hydrogen-bond acceptors (Lipinski definition) is 4. The van der Waals surface area contributed by atoms with Gasteiger partial charge in [-0.1, -0.05) is 18.2 Å². The molecule has 0 aromatic rings. The molecule has 19 heavy (non-hydrogen) atoms. The molecule has 2 saturated heterocycles. The van der Waals surface area contributed by atoms with E-state index in [0.29, 0.717) is 6.61 Å². The minimum absolute atomic E-state index is 0.0348. The molecular formula is C15H20O4. The van der Waals surface area contributed by atoms with Crippen LogP contribution in [0.15, 0.2) is 23.8 Å². The van der Waals surface area contributed by atoms with Crippen LogP contribution in [-0.4, -0.2) is 24.8 Å². The summed E-state index contributed by atoms with van der Waals surface area (Å²) in [5.41, 5.74) is 2.33. The molecule has 0 spiro atoms. The largest absolute Gasteiger partial charge is 0.461 e. The zero-order valence-corrected chi connectivity index (χ0v) is 11.3. The van der Waals surface area contributed by atoms with Gasteiger partial charge in [0.2, 0.25) is 0 Å². The monoisotopic (exact) mass is 264 g/mol. The summed E-state index contributed by atoms with van der Waals surface area (Å²) in [4.78, 5) is 22.6. The van der Waals surface area contributed by atoms with E-state index in [9.17, 15) is 4.79 Å². The Morgan fingerprint density at radius 3 is 3.11 bits per heavy atom. The second-order valence-corrected chi connectivity index (χ2v) is 5.80. The maximum Gasteiger partial charge on any atom is 0.312 e. The van der Waals surface area contributed by atoms with E-state index < -0.39 is 0 Å². The molecule has 104 valence electrons. The van der Waals surface area contributed by atoms with Crippen molar-refractivity contribution in [3.8, 4) is 0 Å². The molecular weight excluding hydrogens is 244 g/mol. The van der Waals surface area contributed by atoms with Crippen molar-refractivity contribution in [2.75, 3.05) is 6.61 Å². The molecule has 3 aliphatic rings. The van der Waals surface area contributed by atoms with Crippen LogP contribution < -0.4 is 0 Å². The van der Waals surface area contributed by atoms with Crippen LogP contribution in [0.2, 0.25) is 0 Å². The lowest BCUT2D eigenvalue weighted by molar-refractivity contribution is -0.313. The quantitative estimate of drug-likeness (QED) is 0.383. The fraction of sp³-hybridized carbons (Fsp3) is 0.667. The maximum atomic E-state index is 11.9. The number of rotatable bonds is 0. The molecule has 2 heterocycles. The topological polar surface area (TPSA) is 44.8 Å². The van der Waals surface area contributed by atoms with Crippen molar-refractivity contribution in [2.45, 2.75) is 44.8 Å². The molecule has 0 amide bonds. The Morgan fingerprint density at radius 2 is 2.26 bits per heavy atom. The highest BCUT2D eigenvalue weighted by molar-refractivity contribution is 5.75. The number of esters is 1. The molecule has 0 unspecified atom stereocenters. The fourth-order valence-electron chi connectivity index (χ4n) is 3.24. The Kier molecular flexibility index (Phi) is 3.46. The van der Waals surface area contributed by atoms with Crippen LogP contribution >= 0.6 is 0 Å². The minimum atomic E-state index is -0.185. The van der Waals surface area contributed by atoms with Gasteiger partial charge >= 0.3 is 5.97 Å². The van der Waals surface area contributed by atoms with Crippen molar-refractivity contribution < 1.29 is 19.3 Å². The van der Waals surface area contributed by atoms with Crippen LogP contribution in [0.3, 0.4) is 0 Å². The highest BCUT2D eigenvalue weighted by Crippen LogP contribution is 2.40. The Bertz CT molecular complexity index is 426. The van der Waals surface area contributed by atoms with E-state index in [0.717, 1.165) is 31.3 Å². The van der Waals surface area contributed by atoms with Crippen LogP contribution in [-0.2, 0) is 19.3 Å². The molecule has 2 bridgehead atoms. The molecule has 4 atom stereocenters. The number of carbonyl (C=O) groups is 1. The van der Waals surface area contributed by atoms with E-state index in [2.05, 4.69) is 19.6 Å². The predicted molar refractivity (Wildman–Crippen MR) is 69.1 cm³/mol. The second kappa shape index (κ2) is 5.10. The summed E-state index contributed by atoms with van der Waals surface area (Å²) in [5.74, 6) is -0.148. The summed E-state index contributed by atoms with van der Waals surface area (Å²) in [7, 11) is 0. The molecule has 0 N–H and O–H groups in total. The van der Waals surface area contributed by atoms with Crippen molar-refractivity contribution >= 4 is 5.97 Å². The van der Waals surface area contributed by atoms with Gasteiger partial charge < -0.3 is 4.74 Å². The lowest BCUT2D eigenvalue weighted by Crippen LogP contribution is -2.26. The number of fused-ring (bicyclic) bond motifs is 1. The molecule has 4 heteroatoms. The molecule has 0 aromatic heterocycles. The lowest BCUT2D eigenvalue weighted by atomic mass is 9.81. The summed E-state index contributed by atoms with van der Waals surface area (Å²) in [6.45, 7) is 6.51. The Balaban J connectivity index is 1.91. The summed E-state index contributed by atoms with van der Waals surface area (Å²) in [6.07, 6.45) is 5.52. The number of ether oxygens (including phenoxy) is 1. The van der Waals surface area contributed by atoms with Gasteiger partial charge in [-0.3, -0.25) is 4.79 Å². The highest BCUT2D eigenvalue weighted by atomic mass is 17.2. The molecule has 3 rings (SSSR count). The highest BCUT2D eigenvalue weighted by Gasteiger charge is 2.47. The van der Waals surface area contributed by atoms with Crippen molar-refractivity contribution in [1.29, 1.82) is 0 Å². The van der Waals surface area contributed by atoms with Crippen molar-refractivity contribution in [3.05, 3.63) is 23.8 Å². The van der Waals surface area contributed by atoms with Gasteiger partial charge in [-0.2, -0.15) is 0 Å². The standard InChI is InChI=1S/C15H20O4/c1-9-4-3-5-10(2)13-7-11-12(8-17-19-13)15(16)18-14(11)6-9/h4,11-14H,2-3,5-8H2,1H3/b9-4+/t11-,12+,13+,14-/m1/s1. The SMILES string of the molecule is C=C1CC/C=C(\C)C[C@H]2OC(=O)[C@H]3COO[C@H]1C[C@H]32. The Hall–Kier alpha value is -1.13. The molecule has 0 saturated carbocycles. The van der Waals surface area contributed by atoms with Gasteiger partial charge in [0.25, 0.3) is 0 Å². The van der Waals surface area contributed by atoms with E-state index >= 15 is 0 Å². The van der Waals surface area contributed by atoms with Gasteiger partial charge in [-0.25, -0.2) is 9.78 Å². The first kappa shape index (κ1) is 12.9. The molecule has 2 aliphatic heterocycles. The van der Waals surface area contributed by atoms with E-state index in [1.165, 1.54) is 5.57 Å². The number of carbonyl (C=O) groups excluding carboxylic acids is 1. The molecule has 0 aromatic carbocycles. The fourth-order valence-corrected chi connectivity index (χ4v) is 3.24. The molecule has 2 fully saturated rings. The summed E-state index contributed by atoms with van der Waals surface area (Å²) in [6, 6.07) is 0. The van der Waals surface area contributed by atoms with Gasteiger partial charge in [0.1, 0.15) is 12.2 Å². The Morgan fingerprint density at radius 1 is 1.42 bits per heavy atom. The summed E-state index contributed by atoms with van der Waals surface area (Å²) >= 11 is 0. The number of allylic oxidation sites excluding steroid dienone is 1. The van der Waals surface area contributed by atoms with Crippen molar-refractivity contribution in [3.63, 3.8) is 0 Å². The van der Waals surface area contributed by atoms with Crippen LogP contribution in [0, 0.1) is 11.8 Å². The lowest BCUT2D eigenvalue weighted by Gasteiger charge is -2.24. The third-order valence-corrected chi connectivity index (χ3v) is 4.42. The third-order valence-electron chi connectivity index (χ3n) is 4.42. The van der Waals surface area contributed by atoms with Crippen LogP contribution in [0.4, 0.5) is 0 Å². The molecule has 4 nitrogen and oxygen atoms in total. The minimum Gasteiger partial charge on any atom is -0.461 e. The summed E-state index contributed by atoms with van der Waals surface area (Å²) in [5, 5.41) is 0. The van der Waals surface area contributed by atoms with Crippen molar-refractivity contribution in [1.82, 2.24) is 0 Å². The van der Waals surface area contributed by atoms with Gasteiger partial charge in [0, 0.05) is 12.3 Å². The van der Waals surface area contributed by atoms with Gasteiger partial charge in [-0.05, 0) is 31.8 Å². The van der Waals surface area contributed by atoms with Gasteiger partial charge in [0.05, 0.1) is 12.5 Å². The van der Waals surface area contributed by atoms with Crippen LogP contribution in [0.5, 0.6) is 0 Å². The predicted octanol–water partition coefficient (Wildman–Crippen LogP) is 2.55. The number of hydrogen-bond donors (Lipinski definition) is 0. The summed E-state index contributed by atoms with van der Waals surface area (Å²) < 4.78 is 5.54. The van der Waals surface area contributed by atoms with Crippen molar-refractivity contribution in [2.24, 2.45) is 11.8 Å². The van der Waals surface area contributed by atoms with Gasteiger partial charge in [-0.15, -0.1) is 0 Å². The first-order valence-corrected chi connectivity index (χ1v) is 6.97. The van der Waals surface area contributed by atoms with E-state index in [4.69, 9.17) is 14.5 Å². The third kappa shape index (κ3) is 2.47. The molecule has 1 aliphatic carbocycles. The maximum absolute atomic E-state index is 11.9. The smallest absolute Gasteiger partial charge is 0.312 e. The Labute approximate surface area is 113 Å². The second-order valence-electron chi connectivity index (χ2n) is 5.80. The van der Waals surface area contributed by atoms with E-state index in [1.54, 1.807) is 0 Å². The van der Waals surface area contributed by atoms with Crippen LogP contribution in [0.25, 0.3) is 0 Å². The average Bonchev–Trinajstić information content (AvgIpc) is 2.56. The van der Waals surface area contributed by atoms with Gasteiger partial charge in [0.15, 0.2) is 0 Å². The van der Waals surface area contributed by atoms with Crippen LogP contribution in [0.1, 0.15) is 32.6 Å². The first-order valence-electron chi connectivity index (χ1n) is 6.97. The normalized spacial score (nSPS) is 42.1. The van der Waals surface area contributed by atoms with E-state index in [-0.39, 0.29) is 30.0 Å². The molecule has 0 radical (unpaired) electrons.